The van der Waals surface area contributed by atoms with Crippen molar-refractivity contribution in [3.8, 4) is 0 Å². The van der Waals surface area contributed by atoms with Crippen molar-refractivity contribution in [2.24, 2.45) is 0 Å². The van der Waals surface area contributed by atoms with Crippen molar-refractivity contribution in [3.63, 3.8) is 0 Å². The third kappa shape index (κ3) is 4.00. The third-order valence-corrected chi connectivity index (χ3v) is 2.40. The first-order valence-corrected chi connectivity index (χ1v) is 5.76. The van der Waals surface area contributed by atoms with Gasteiger partial charge in [0.15, 0.2) is 6.10 Å². The summed E-state index contributed by atoms with van der Waals surface area (Å²) in [5.41, 5.74) is 0.569. The SMILES string of the molecule is C=C(C)C(=O)OC1CCCOC1OC(=O)C(=C)C. The van der Waals surface area contributed by atoms with Crippen molar-refractivity contribution >= 4 is 11.9 Å². The summed E-state index contributed by atoms with van der Waals surface area (Å²) in [5.74, 6) is -1.07. The zero-order chi connectivity index (χ0) is 13.7. The number of esters is 2. The Hall–Kier alpha value is -1.62. The van der Waals surface area contributed by atoms with E-state index in [0.29, 0.717) is 18.6 Å². The predicted octanol–water partition coefficient (Wildman–Crippen LogP) is 1.73. The van der Waals surface area contributed by atoms with E-state index in [1.165, 1.54) is 0 Å². The molecule has 0 amide bonds. The summed E-state index contributed by atoms with van der Waals surface area (Å²) in [6.07, 6.45) is -0.125. The Kier molecular flexibility index (Phi) is 5.09. The molecule has 2 unspecified atom stereocenters. The Bertz CT molecular complexity index is 336. The van der Waals surface area contributed by atoms with Crippen LogP contribution in [0, 0.1) is 0 Å². The quantitative estimate of drug-likeness (QED) is 0.564. The number of carbonyl (C=O) groups excluding carboxylic acids is 2. The highest BCUT2D eigenvalue weighted by Crippen LogP contribution is 2.20. The van der Waals surface area contributed by atoms with Crippen molar-refractivity contribution in [1.29, 1.82) is 0 Å². The molecule has 5 heteroatoms. The molecular weight excluding hydrogens is 236 g/mol. The topological polar surface area (TPSA) is 61.8 Å². The van der Waals surface area contributed by atoms with Crippen LogP contribution in [-0.2, 0) is 23.8 Å². The van der Waals surface area contributed by atoms with Crippen LogP contribution < -0.4 is 0 Å². The van der Waals surface area contributed by atoms with Crippen molar-refractivity contribution in [2.75, 3.05) is 6.61 Å². The summed E-state index contributed by atoms with van der Waals surface area (Å²) in [7, 11) is 0. The van der Waals surface area contributed by atoms with E-state index in [1.54, 1.807) is 13.8 Å². The van der Waals surface area contributed by atoms with Gasteiger partial charge in [-0.1, -0.05) is 13.2 Å². The first-order chi connectivity index (χ1) is 8.41. The zero-order valence-corrected chi connectivity index (χ0v) is 10.7. The number of hydrogen-bond donors (Lipinski definition) is 0. The first kappa shape index (κ1) is 14.4. The molecule has 0 bridgehead atoms. The second-order valence-corrected chi connectivity index (χ2v) is 4.29. The van der Waals surface area contributed by atoms with E-state index in [1.807, 2.05) is 0 Å². The fourth-order valence-corrected chi connectivity index (χ4v) is 1.40. The molecule has 0 spiro atoms. The summed E-state index contributed by atoms with van der Waals surface area (Å²) >= 11 is 0. The molecule has 1 rings (SSSR count). The van der Waals surface area contributed by atoms with Crippen LogP contribution >= 0.6 is 0 Å². The third-order valence-electron chi connectivity index (χ3n) is 2.40. The minimum atomic E-state index is -0.869. The summed E-state index contributed by atoms with van der Waals surface area (Å²) < 4.78 is 15.6. The Labute approximate surface area is 106 Å². The lowest BCUT2D eigenvalue weighted by atomic mass is 10.1. The van der Waals surface area contributed by atoms with Crippen molar-refractivity contribution < 1.29 is 23.8 Å². The van der Waals surface area contributed by atoms with Crippen molar-refractivity contribution in [3.05, 3.63) is 24.3 Å². The fourth-order valence-electron chi connectivity index (χ4n) is 1.40. The van der Waals surface area contributed by atoms with Crippen LogP contribution in [0.2, 0.25) is 0 Å². The summed E-state index contributed by atoms with van der Waals surface area (Å²) in [6.45, 7) is 10.5. The van der Waals surface area contributed by atoms with Gasteiger partial charge in [0.05, 0.1) is 6.61 Å². The highest BCUT2D eigenvalue weighted by Gasteiger charge is 2.32. The molecule has 1 saturated heterocycles. The molecule has 0 radical (unpaired) electrons. The van der Waals surface area contributed by atoms with Crippen LogP contribution in [-0.4, -0.2) is 30.9 Å². The highest BCUT2D eigenvalue weighted by atomic mass is 16.7. The van der Waals surface area contributed by atoms with E-state index in [2.05, 4.69) is 13.2 Å². The minimum Gasteiger partial charge on any atom is -0.452 e. The molecule has 5 nitrogen and oxygen atoms in total. The maximum Gasteiger partial charge on any atom is 0.335 e. The standard InChI is InChI=1S/C13H18O5/c1-8(2)11(14)17-10-6-5-7-16-13(10)18-12(15)9(3)4/h10,13H,1,3,5-7H2,2,4H3. The molecule has 0 aromatic rings. The predicted molar refractivity (Wildman–Crippen MR) is 64.6 cm³/mol. The molecule has 1 fully saturated rings. The monoisotopic (exact) mass is 254 g/mol. The second kappa shape index (κ2) is 6.35. The number of hydrogen-bond acceptors (Lipinski definition) is 5. The van der Waals surface area contributed by atoms with Gasteiger partial charge in [-0.2, -0.15) is 0 Å². The van der Waals surface area contributed by atoms with E-state index >= 15 is 0 Å². The molecule has 100 valence electrons. The van der Waals surface area contributed by atoms with Gasteiger partial charge < -0.3 is 14.2 Å². The highest BCUT2D eigenvalue weighted by molar-refractivity contribution is 5.87. The summed E-state index contributed by atoms with van der Waals surface area (Å²) in [5, 5.41) is 0. The van der Waals surface area contributed by atoms with Crippen molar-refractivity contribution in [2.45, 2.75) is 39.1 Å². The van der Waals surface area contributed by atoms with E-state index in [4.69, 9.17) is 14.2 Å². The lowest BCUT2D eigenvalue weighted by Gasteiger charge is -2.30. The number of ether oxygens (including phenoxy) is 3. The van der Waals surface area contributed by atoms with Crippen LogP contribution in [0.5, 0.6) is 0 Å². The van der Waals surface area contributed by atoms with Crippen LogP contribution in [0.4, 0.5) is 0 Å². The second-order valence-electron chi connectivity index (χ2n) is 4.29. The van der Waals surface area contributed by atoms with Gasteiger partial charge in [-0.3, -0.25) is 0 Å². The van der Waals surface area contributed by atoms with Gasteiger partial charge in [0.25, 0.3) is 0 Å². The van der Waals surface area contributed by atoms with Crippen LogP contribution in [0.1, 0.15) is 26.7 Å². The maximum atomic E-state index is 11.4. The minimum absolute atomic E-state index is 0.272. The van der Waals surface area contributed by atoms with Gasteiger partial charge >= 0.3 is 11.9 Å². The van der Waals surface area contributed by atoms with Gasteiger partial charge in [0, 0.05) is 11.1 Å². The van der Waals surface area contributed by atoms with Crippen molar-refractivity contribution in [1.82, 2.24) is 0 Å². The molecule has 0 aromatic heterocycles. The zero-order valence-electron chi connectivity index (χ0n) is 10.7. The molecule has 1 heterocycles. The molecule has 0 saturated carbocycles. The summed E-state index contributed by atoms with van der Waals surface area (Å²) in [6, 6.07) is 0. The van der Waals surface area contributed by atoms with E-state index in [-0.39, 0.29) is 5.57 Å². The Morgan fingerprint density at radius 2 is 1.67 bits per heavy atom. The van der Waals surface area contributed by atoms with Gasteiger partial charge in [-0.25, -0.2) is 9.59 Å². The van der Waals surface area contributed by atoms with E-state index in [9.17, 15) is 9.59 Å². The largest absolute Gasteiger partial charge is 0.452 e. The molecular formula is C13H18O5. The molecule has 0 N–H and O–H groups in total. The van der Waals surface area contributed by atoms with Crippen LogP contribution in [0.25, 0.3) is 0 Å². The molecule has 1 aliphatic rings. The Morgan fingerprint density at radius 1 is 1.11 bits per heavy atom. The number of rotatable bonds is 4. The fraction of sp³-hybridized carbons (Fsp3) is 0.538. The van der Waals surface area contributed by atoms with Gasteiger partial charge in [-0.15, -0.1) is 0 Å². The molecule has 0 aromatic carbocycles. The average Bonchev–Trinajstić information content (AvgIpc) is 2.31. The average molecular weight is 254 g/mol. The Morgan fingerprint density at radius 3 is 2.22 bits per heavy atom. The molecule has 2 atom stereocenters. The van der Waals surface area contributed by atoms with Crippen LogP contribution in [0.3, 0.4) is 0 Å². The van der Waals surface area contributed by atoms with Gasteiger partial charge in [-0.05, 0) is 26.7 Å². The molecule has 0 aliphatic carbocycles. The number of carbonyl (C=O) groups is 2. The first-order valence-electron chi connectivity index (χ1n) is 5.76. The van der Waals surface area contributed by atoms with E-state index < -0.39 is 24.3 Å². The maximum absolute atomic E-state index is 11.4. The van der Waals surface area contributed by atoms with E-state index in [0.717, 1.165) is 6.42 Å². The van der Waals surface area contributed by atoms with Gasteiger partial charge in [0.2, 0.25) is 6.29 Å². The summed E-state index contributed by atoms with van der Waals surface area (Å²) in [4.78, 5) is 22.9. The van der Waals surface area contributed by atoms with Gasteiger partial charge in [0.1, 0.15) is 0 Å². The smallest absolute Gasteiger partial charge is 0.335 e. The lowest BCUT2D eigenvalue weighted by molar-refractivity contribution is -0.222. The van der Waals surface area contributed by atoms with Crippen LogP contribution in [0.15, 0.2) is 24.3 Å². The lowest BCUT2D eigenvalue weighted by Crippen LogP contribution is -2.41. The normalized spacial score (nSPS) is 23.0. The molecule has 18 heavy (non-hydrogen) atoms. The molecule has 1 aliphatic heterocycles. The Balaban J connectivity index is 2.62.